The standard InChI is InChI=1S/C24H18N2O6/c1-32-19-12-6-10-17(14-19)25-21(16-9-5-11-18(13-16)26(30)31)20(23(28)24(25)29)22(27)15-7-3-2-4-8-15/h2-14,21,27H,1H3/b22-20+. The van der Waals surface area contributed by atoms with Crippen LogP contribution in [-0.2, 0) is 9.59 Å². The van der Waals surface area contributed by atoms with Gasteiger partial charge in [0.1, 0.15) is 11.5 Å². The smallest absolute Gasteiger partial charge is 0.300 e. The number of nitro groups is 1. The zero-order valence-corrected chi connectivity index (χ0v) is 17.0. The van der Waals surface area contributed by atoms with Crippen molar-refractivity contribution in [2.75, 3.05) is 12.0 Å². The highest BCUT2D eigenvalue weighted by Crippen LogP contribution is 2.43. The fraction of sp³-hybridized carbons (Fsp3) is 0.0833. The Kier molecular flexibility index (Phi) is 5.43. The van der Waals surface area contributed by atoms with Crippen molar-refractivity contribution in [3.8, 4) is 5.75 Å². The number of aliphatic hydroxyl groups excluding tert-OH is 1. The van der Waals surface area contributed by atoms with Crippen molar-refractivity contribution in [3.05, 3.63) is 106 Å². The number of hydrogen-bond donors (Lipinski definition) is 1. The van der Waals surface area contributed by atoms with Crippen LogP contribution >= 0.6 is 0 Å². The topological polar surface area (TPSA) is 110 Å². The van der Waals surface area contributed by atoms with Gasteiger partial charge in [0.15, 0.2) is 0 Å². The van der Waals surface area contributed by atoms with E-state index in [2.05, 4.69) is 0 Å². The molecular weight excluding hydrogens is 412 g/mol. The fourth-order valence-electron chi connectivity index (χ4n) is 3.73. The summed E-state index contributed by atoms with van der Waals surface area (Å²) in [6.07, 6.45) is 0. The van der Waals surface area contributed by atoms with Gasteiger partial charge in [-0.2, -0.15) is 0 Å². The van der Waals surface area contributed by atoms with Crippen LogP contribution in [0.3, 0.4) is 0 Å². The van der Waals surface area contributed by atoms with E-state index in [1.807, 2.05) is 0 Å². The lowest BCUT2D eigenvalue weighted by atomic mass is 9.95. The van der Waals surface area contributed by atoms with Crippen molar-refractivity contribution in [1.29, 1.82) is 0 Å². The van der Waals surface area contributed by atoms with E-state index in [0.29, 0.717) is 22.6 Å². The number of benzene rings is 3. The van der Waals surface area contributed by atoms with E-state index in [9.17, 15) is 24.8 Å². The molecule has 0 saturated carbocycles. The Balaban J connectivity index is 1.97. The number of rotatable bonds is 5. The van der Waals surface area contributed by atoms with E-state index in [0.717, 1.165) is 0 Å². The number of aliphatic hydroxyl groups is 1. The highest BCUT2D eigenvalue weighted by molar-refractivity contribution is 6.51. The fourth-order valence-corrected chi connectivity index (χ4v) is 3.73. The molecule has 1 aliphatic rings. The van der Waals surface area contributed by atoms with Gasteiger partial charge in [-0.3, -0.25) is 24.6 Å². The first-order chi connectivity index (χ1) is 15.4. The number of non-ortho nitro benzene ring substituents is 1. The van der Waals surface area contributed by atoms with Gasteiger partial charge in [0.05, 0.1) is 23.6 Å². The lowest BCUT2D eigenvalue weighted by molar-refractivity contribution is -0.384. The van der Waals surface area contributed by atoms with Crippen LogP contribution in [0.25, 0.3) is 5.76 Å². The van der Waals surface area contributed by atoms with Crippen LogP contribution in [0.2, 0.25) is 0 Å². The molecule has 1 aliphatic heterocycles. The second-order valence-electron chi connectivity index (χ2n) is 7.09. The summed E-state index contributed by atoms with van der Waals surface area (Å²) >= 11 is 0. The third-order valence-corrected chi connectivity index (χ3v) is 5.22. The second-order valence-corrected chi connectivity index (χ2v) is 7.09. The summed E-state index contributed by atoms with van der Waals surface area (Å²) in [4.78, 5) is 38.2. The van der Waals surface area contributed by atoms with Crippen molar-refractivity contribution in [2.45, 2.75) is 6.04 Å². The van der Waals surface area contributed by atoms with Gasteiger partial charge in [0.25, 0.3) is 17.4 Å². The van der Waals surface area contributed by atoms with Crippen LogP contribution in [0, 0.1) is 10.1 Å². The second kappa shape index (κ2) is 8.35. The molecule has 1 unspecified atom stereocenters. The van der Waals surface area contributed by atoms with Gasteiger partial charge in [-0.1, -0.05) is 48.5 Å². The first-order valence-corrected chi connectivity index (χ1v) is 9.67. The van der Waals surface area contributed by atoms with E-state index in [1.54, 1.807) is 60.7 Å². The number of hydrogen-bond acceptors (Lipinski definition) is 6. The van der Waals surface area contributed by atoms with Crippen molar-refractivity contribution >= 4 is 28.8 Å². The minimum atomic E-state index is -1.07. The minimum absolute atomic E-state index is 0.149. The van der Waals surface area contributed by atoms with Gasteiger partial charge in [-0.15, -0.1) is 0 Å². The quantitative estimate of drug-likeness (QED) is 0.213. The molecule has 3 aromatic carbocycles. The number of nitro benzene ring substituents is 1. The van der Waals surface area contributed by atoms with E-state index in [-0.39, 0.29) is 17.0 Å². The third-order valence-electron chi connectivity index (χ3n) is 5.22. The molecule has 8 nitrogen and oxygen atoms in total. The van der Waals surface area contributed by atoms with E-state index in [4.69, 9.17) is 4.74 Å². The lowest BCUT2D eigenvalue weighted by Gasteiger charge is -2.25. The monoisotopic (exact) mass is 430 g/mol. The molecule has 1 saturated heterocycles. The van der Waals surface area contributed by atoms with Crippen LogP contribution in [-0.4, -0.2) is 28.8 Å². The molecule has 1 atom stereocenters. The molecular formula is C24H18N2O6. The van der Waals surface area contributed by atoms with Crippen LogP contribution < -0.4 is 9.64 Å². The summed E-state index contributed by atoms with van der Waals surface area (Å²) in [5.74, 6) is -1.63. The SMILES string of the molecule is COc1cccc(N2C(=O)C(=O)/C(=C(/O)c3ccccc3)C2c2cccc([N+](=O)[O-])c2)c1. The highest BCUT2D eigenvalue weighted by atomic mass is 16.6. The largest absolute Gasteiger partial charge is 0.507 e. The van der Waals surface area contributed by atoms with Crippen LogP contribution in [0.1, 0.15) is 17.2 Å². The molecule has 0 aromatic heterocycles. The molecule has 8 heteroatoms. The molecule has 1 fully saturated rings. The number of carbonyl (C=O) groups is 2. The molecule has 4 rings (SSSR count). The number of ether oxygens (including phenoxy) is 1. The van der Waals surface area contributed by atoms with Gasteiger partial charge in [0.2, 0.25) is 0 Å². The van der Waals surface area contributed by atoms with E-state index in [1.165, 1.54) is 30.2 Å². The number of nitrogens with zero attached hydrogens (tertiary/aromatic N) is 2. The Morgan fingerprint density at radius 3 is 2.41 bits per heavy atom. The summed E-state index contributed by atoms with van der Waals surface area (Å²) in [7, 11) is 1.47. The average molecular weight is 430 g/mol. The molecule has 1 N–H and O–H groups in total. The van der Waals surface area contributed by atoms with Crippen LogP contribution in [0.15, 0.2) is 84.4 Å². The van der Waals surface area contributed by atoms with Crippen molar-refractivity contribution in [3.63, 3.8) is 0 Å². The summed E-state index contributed by atoms with van der Waals surface area (Å²) < 4.78 is 5.24. The van der Waals surface area contributed by atoms with Crippen molar-refractivity contribution in [1.82, 2.24) is 0 Å². The summed E-state index contributed by atoms with van der Waals surface area (Å²) in [6.45, 7) is 0. The number of Topliss-reactive ketones (excluding diaryl/α,β-unsaturated/α-hetero) is 1. The lowest BCUT2D eigenvalue weighted by Crippen LogP contribution is -2.29. The number of amides is 1. The number of anilines is 1. The van der Waals surface area contributed by atoms with Gasteiger partial charge < -0.3 is 9.84 Å². The maximum atomic E-state index is 13.1. The molecule has 0 spiro atoms. The molecule has 32 heavy (non-hydrogen) atoms. The van der Waals surface area contributed by atoms with Crippen molar-refractivity contribution < 1.29 is 24.4 Å². The Labute approximate surface area is 183 Å². The first kappa shape index (κ1) is 20.8. The molecule has 0 bridgehead atoms. The third kappa shape index (κ3) is 3.58. The first-order valence-electron chi connectivity index (χ1n) is 9.67. The normalized spacial score (nSPS) is 17.4. The van der Waals surface area contributed by atoms with Gasteiger partial charge >= 0.3 is 0 Å². The van der Waals surface area contributed by atoms with Crippen LogP contribution in [0.5, 0.6) is 5.75 Å². The molecule has 3 aromatic rings. The zero-order chi connectivity index (χ0) is 22.8. The minimum Gasteiger partial charge on any atom is -0.507 e. The van der Waals surface area contributed by atoms with Gasteiger partial charge in [0, 0.05) is 29.4 Å². The summed E-state index contributed by atoms with van der Waals surface area (Å²) in [5.41, 5.74) is 0.684. The Morgan fingerprint density at radius 2 is 1.72 bits per heavy atom. The summed E-state index contributed by atoms with van der Waals surface area (Å²) in [6, 6.07) is 19.5. The molecule has 1 amide bonds. The number of methoxy groups -OCH3 is 1. The zero-order valence-electron chi connectivity index (χ0n) is 17.0. The van der Waals surface area contributed by atoms with Gasteiger partial charge in [-0.05, 0) is 17.7 Å². The predicted octanol–water partition coefficient (Wildman–Crippen LogP) is 4.23. The van der Waals surface area contributed by atoms with Gasteiger partial charge in [-0.25, -0.2) is 0 Å². The Bertz CT molecular complexity index is 1250. The molecule has 1 heterocycles. The van der Waals surface area contributed by atoms with Crippen LogP contribution in [0.4, 0.5) is 11.4 Å². The van der Waals surface area contributed by atoms with E-state index < -0.39 is 22.7 Å². The van der Waals surface area contributed by atoms with Crippen molar-refractivity contribution in [2.24, 2.45) is 0 Å². The molecule has 160 valence electrons. The highest BCUT2D eigenvalue weighted by Gasteiger charge is 2.47. The Morgan fingerprint density at radius 1 is 1.00 bits per heavy atom. The number of carbonyl (C=O) groups excluding carboxylic acids is 2. The average Bonchev–Trinajstić information content (AvgIpc) is 3.09. The Hall–Kier alpha value is -4.46. The predicted molar refractivity (Wildman–Crippen MR) is 117 cm³/mol. The molecule has 0 radical (unpaired) electrons. The molecule has 0 aliphatic carbocycles. The maximum Gasteiger partial charge on any atom is 0.300 e. The number of ketones is 1. The van der Waals surface area contributed by atoms with E-state index >= 15 is 0 Å². The summed E-state index contributed by atoms with van der Waals surface area (Å²) in [5, 5.41) is 22.4. The maximum absolute atomic E-state index is 13.1.